The highest BCUT2D eigenvalue weighted by atomic mass is 16.1. The van der Waals surface area contributed by atoms with Gasteiger partial charge in [-0.3, -0.25) is 9.59 Å². The second kappa shape index (κ2) is 5.61. The predicted molar refractivity (Wildman–Crippen MR) is 79.8 cm³/mol. The van der Waals surface area contributed by atoms with Gasteiger partial charge in [0, 0.05) is 17.5 Å². The standard InChI is InChI=1S/C17H19NO2/c19-16(14-7-2-1-3-8-14)12-18-11-10-13-6-4-5-9-15(13)17(18)20/h4-6,9-11,14H,1-3,7-8,12H2. The molecule has 1 fully saturated rings. The molecule has 0 saturated heterocycles. The second-order valence-corrected chi connectivity index (χ2v) is 5.64. The Bertz CT molecular complexity index is 681. The second-order valence-electron chi connectivity index (χ2n) is 5.64. The van der Waals surface area contributed by atoms with Gasteiger partial charge in [0.25, 0.3) is 5.56 Å². The topological polar surface area (TPSA) is 39.1 Å². The molecule has 20 heavy (non-hydrogen) atoms. The van der Waals surface area contributed by atoms with Crippen molar-refractivity contribution < 1.29 is 4.79 Å². The van der Waals surface area contributed by atoms with Gasteiger partial charge in [0.2, 0.25) is 0 Å². The number of ketones is 1. The van der Waals surface area contributed by atoms with Crippen molar-refractivity contribution in [2.24, 2.45) is 5.92 Å². The lowest BCUT2D eigenvalue weighted by molar-refractivity contribution is -0.124. The summed E-state index contributed by atoms with van der Waals surface area (Å²) in [6.45, 7) is 0.217. The molecule has 3 rings (SSSR count). The summed E-state index contributed by atoms with van der Waals surface area (Å²) in [5.41, 5.74) is -0.0627. The fourth-order valence-corrected chi connectivity index (χ4v) is 3.08. The number of hydrogen-bond acceptors (Lipinski definition) is 2. The molecule has 1 aromatic heterocycles. The summed E-state index contributed by atoms with van der Waals surface area (Å²) in [5, 5.41) is 1.62. The van der Waals surface area contributed by atoms with Crippen LogP contribution in [0.1, 0.15) is 32.1 Å². The molecule has 3 heteroatoms. The zero-order valence-electron chi connectivity index (χ0n) is 11.5. The van der Waals surface area contributed by atoms with Gasteiger partial charge in [-0.15, -0.1) is 0 Å². The summed E-state index contributed by atoms with van der Waals surface area (Å²) < 4.78 is 1.55. The minimum atomic E-state index is -0.0627. The van der Waals surface area contributed by atoms with Gasteiger partial charge in [-0.1, -0.05) is 37.5 Å². The molecule has 0 amide bonds. The summed E-state index contributed by atoms with van der Waals surface area (Å²) in [7, 11) is 0. The molecular weight excluding hydrogens is 250 g/mol. The van der Waals surface area contributed by atoms with E-state index in [9.17, 15) is 9.59 Å². The number of pyridine rings is 1. The highest BCUT2D eigenvalue weighted by molar-refractivity contribution is 5.83. The average molecular weight is 269 g/mol. The molecule has 2 aromatic rings. The Hall–Kier alpha value is -1.90. The Kier molecular flexibility index (Phi) is 3.68. The first-order valence-corrected chi connectivity index (χ1v) is 7.36. The summed E-state index contributed by atoms with van der Waals surface area (Å²) in [4.78, 5) is 24.7. The number of carbonyl (C=O) groups excluding carboxylic acids is 1. The van der Waals surface area contributed by atoms with E-state index in [0.717, 1.165) is 31.1 Å². The van der Waals surface area contributed by atoms with E-state index in [1.54, 1.807) is 10.8 Å². The number of Topliss-reactive ketones (excluding diaryl/α,β-unsaturated/α-hetero) is 1. The van der Waals surface area contributed by atoms with Crippen molar-refractivity contribution in [3.8, 4) is 0 Å². The number of carbonyl (C=O) groups is 1. The van der Waals surface area contributed by atoms with Gasteiger partial charge in [0.1, 0.15) is 0 Å². The minimum absolute atomic E-state index is 0.0627. The summed E-state index contributed by atoms with van der Waals surface area (Å²) in [6, 6.07) is 9.42. The summed E-state index contributed by atoms with van der Waals surface area (Å²) in [6.07, 6.45) is 7.24. The Labute approximate surface area is 118 Å². The molecule has 0 atom stereocenters. The van der Waals surface area contributed by atoms with Crippen LogP contribution < -0.4 is 5.56 Å². The molecule has 1 aromatic carbocycles. The van der Waals surface area contributed by atoms with Gasteiger partial charge < -0.3 is 4.57 Å². The van der Waals surface area contributed by atoms with Crippen LogP contribution in [0, 0.1) is 5.92 Å². The quantitative estimate of drug-likeness (QED) is 0.858. The van der Waals surface area contributed by atoms with Crippen molar-refractivity contribution >= 4 is 16.6 Å². The van der Waals surface area contributed by atoms with E-state index in [-0.39, 0.29) is 23.8 Å². The van der Waals surface area contributed by atoms with Gasteiger partial charge in [-0.2, -0.15) is 0 Å². The van der Waals surface area contributed by atoms with E-state index < -0.39 is 0 Å². The van der Waals surface area contributed by atoms with E-state index >= 15 is 0 Å². The number of nitrogens with zero attached hydrogens (tertiary/aromatic N) is 1. The van der Waals surface area contributed by atoms with Crippen molar-refractivity contribution in [1.82, 2.24) is 4.57 Å². The van der Waals surface area contributed by atoms with E-state index in [0.29, 0.717) is 5.39 Å². The predicted octanol–water partition coefficient (Wildman–Crippen LogP) is 3.15. The van der Waals surface area contributed by atoms with E-state index in [4.69, 9.17) is 0 Å². The smallest absolute Gasteiger partial charge is 0.258 e. The molecular formula is C17H19NO2. The van der Waals surface area contributed by atoms with Gasteiger partial charge in [-0.05, 0) is 30.4 Å². The molecule has 104 valence electrons. The van der Waals surface area contributed by atoms with Crippen LogP contribution in [0.15, 0.2) is 41.3 Å². The van der Waals surface area contributed by atoms with Crippen molar-refractivity contribution in [3.63, 3.8) is 0 Å². The lowest BCUT2D eigenvalue weighted by Crippen LogP contribution is -2.28. The Morgan fingerprint density at radius 3 is 2.65 bits per heavy atom. The van der Waals surface area contributed by atoms with Crippen molar-refractivity contribution in [2.75, 3.05) is 0 Å². The number of fused-ring (bicyclic) bond motifs is 1. The van der Waals surface area contributed by atoms with Crippen LogP contribution in [0.3, 0.4) is 0 Å². The number of benzene rings is 1. The van der Waals surface area contributed by atoms with Crippen LogP contribution in [0.25, 0.3) is 10.8 Å². The van der Waals surface area contributed by atoms with Gasteiger partial charge in [0.05, 0.1) is 6.54 Å². The van der Waals surface area contributed by atoms with Crippen LogP contribution >= 0.6 is 0 Å². The molecule has 3 nitrogen and oxygen atoms in total. The largest absolute Gasteiger partial charge is 0.308 e. The van der Waals surface area contributed by atoms with Gasteiger partial charge in [-0.25, -0.2) is 0 Å². The first kappa shape index (κ1) is 13.1. The SMILES string of the molecule is O=C(Cn1ccc2ccccc2c1=O)C1CCCCC1. The van der Waals surface area contributed by atoms with Crippen LogP contribution in [-0.2, 0) is 11.3 Å². The van der Waals surface area contributed by atoms with Crippen LogP contribution in [-0.4, -0.2) is 10.4 Å². The summed E-state index contributed by atoms with van der Waals surface area (Å²) >= 11 is 0. The first-order chi connectivity index (χ1) is 9.75. The normalized spacial score (nSPS) is 16.4. The van der Waals surface area contributed by atoms with Crippen LogP contribution in [0.5, 0.6) is 0 Å². The molecule has 0 unspecified atom stereocenters. The van der Waals surface area contributed by atoms with Crippen LogP contribution in [0.2, 0.25) is 0 Å². The van der Waals surface area contributed by atoms with E-state index in [2.05, 4.69) is 0 Å². The number of rotatable bonds is 3. The molecule has 0 spiro atoms. The fourth-order valence-electron chi connectivity index (χ4n) is 3.08. The number of hydrogen-bond donors (Lipinski definition) is 0. The van der Waals surface area contributed by atoms with E-state index in [1.807, 2.05) is 30.3 Å². The monoisotopic (exact) mass is 269 g/mol. The third-order valence-corrected chi connectivity index (χ3v) is 4.27. The molecule has 1 saturated carbocycles. The summed E-state index contributed by atoms with van der Waals surface area (Å²) in [5.74, 6) is 0.365. The molecule has 1 heterocycles. The van der Waals surface area contributed by atoms with Gasteiger partial charge >= 0.3 is 0 Å². The molecule has 0 bridgehead atoms. The number of aromatic nitrogens is 1. The highest BCUT2D eigenvalue weighted by Crippen LogP contribution is 2.24. The molecule has 0 radical (unpaired) electrons. The van der Waals surface area contributed by atoms with Gasteiger partial charge in [0.15, 0.2) is 5.78 Å². The molecule has 1 aliphatic carbocycles. The lowest BCUT2D eigenvalue weighted by Gasteiger charge is -2.20. The third kappa shape index (κ3) is 2.53. The molecule has 0 aliphatic heterocycles. The third-order valence-electron chi connectivity index (χ3n) is 4.27. The Morgan fingerprint density at radius 2 is 1.85 bits per heavy atom. The van der Waals surface area contributed by atoms with Crippen molar-refractivity contribution in [3.05, 3.63) is 46.9 Å². The molecule has 1 aliphatic rings. The first-order valence-electron chi connectivity index (χ1n) is 7.36. The fraction of sp³-hybridized carbons (Fsp3) is 0.412. The maximum absolute atomic E-state index is 12.4. The Balaban J connectivity index is 1.85. The highest BCUT2D eigenvalue weighted by Gasteiger charge is 2.21. The zero-order chi connectivity index (χ0) is 13.9. The van der Waals surface area contributed by atoms with Crippen LogP contribution in [0.4, 0.5) is 0 Å². The maximum Gasteiger partial charge on any atom is 0.258 e. The zero-order valence-corrected chi connectivity index (χ0v) is 11.5. The van der Waals surface area contributed by atoms with E-state index in [1.165, 1.54) is 6.42 Å². The molecule has 0 N–H and O–H groups in total. The van der Waals surface area contributed by atoms with Crippen molar-refractivity contribution in [1.29, 1.82) is 0 Å². The maximum atomic E-state index is 12.4. The average Bonchev–Trinajstić information content (AvgIpc) is 2.51. The van der Waals surface area contributed by atoms with Crippen molar-refractivity contribution in [2.45, 2.75) is 38.6 Å². The lowest BCUT2D eigenvalue weighted by atomic mass is 9.86. The minimum Gasteiger partial charge on any atom is -0.308 e. The Morgan fingerprint density at radius 1 is 1.10 bits per heavy atom.